The molecule has 3 aromatic carbocycles. The van der Waals surface area contributed by atoms with E-state index >= 15 is 0 Å². The van der Waals surface area contributed by atoms with Gasteiger partial charge < -0.3 is 14.8 Å². The van der Waals surface area contributed by atoms with Gasteiger partial charge in [-0.2, -0.15) is 0 Å². The van der Waals surface area contributed by atoms with E-state index in [1.165, 1.54) is 0 Å². The molecular weight excluding hydrogens is 362 g/mol. The zero-order chi connectivity index (χ0) is 20.9. The molecule has 0 aliphatic rings. The highest BCUT2D eigenvalue weighted by molar-refractivity contribution is 5.87. The highest BCUT2D eigenvalue weighted by Gasteiger charge is 2.30. The predicted octanol–water partition coefficient (Wildman–Crippen LogP) is 4.89. The van der Waals surface area contributed by atoms with Crippen molar-refractivity contribution in [1.82, 2.24) is 5.32 Å². The molecule has 3 rings (SSSR count). The number of methoxy groups -OCH3 is 2. The lowest BCUT2D eigenvalue weighted by molar-refractivity contribution is -0.123. The molecule has 0 spiro atoms. The Hall–Kier alpha value is -3.27. The third-order valence-electron chi connectivity index (χ3n) is 5.07. The van der Waals surface area contributed by atoms with Gasteiger partial charge in [0.25, 0.3) is 0 Å². The molecule has 0 aromatic heterocycles. The molecule has 0 aliphatic heterocycles. The van der Waals surface area contributed by atoms with Crippen LogP contribution in [0.25, 0.3) is 0 Å². The van der Waals surface area contributed by atoms with Crippen molar-refractivity contribution in [2.24, 2.45) is 0 Å². The molecule has 0 radical (unpaired) electrons. The van der Waals surface area contributed by atoms with Gasteiger partial charge in [0, 0.05) is 0 Å². The molecule has 4 nitrogen and oxygen atoms in total. The Morgan fingerprint density at radius 3 is 1.79 bits per heavy atom. The maximum Gasteiger partial charge on any atom is 0.232 e. The van der Waals surface area contributed by atoms with E-state index in [-0.39, 0.29) is 5.91 Å². The van der Waals surface area contributed by atoms with Crippen molar-refractivity contribution in [3.8, 4) is 11.5 Å². The van der Waals surface area contributed by atoms with Gasteiger partial charge in [0.2, 0.25) is 5.91 Å². The van der Waals surface area contributed by atoms with Crippen LogP contribution in [-0.2, 0) is 10.3 Å². The summed E-state index contributed by atoms with van der Waals surface area (Å²) in [4.78, 5) is 13.4. The van der Waals surface area contributed by atoms with Gasteiger partial charge in [-0.05, 0) is 42.7 Å². The Morgan fingerprint density at radius 2 is 1.31 bits per heavy atom. The molecule has 1 N–H and O–H groups in total. The average Bonchev–Trinajstić information content (AvgIpc) is 2.74. The summed E-state index contributed by atoms with van der Waals surface area (Å²) in [6.07, 6.45) is 0. The second-order valence-corrected chi connectivity index (χ2v) is 7.44. The monoisotopic (exact) mass is 389 g/mol. The van der Waals surface area contributed by atoms with Gasteiger partial charge in [0.1, 0.15) is 0 Å². The first-order valence-electron chi connectivity index (χ1n) is 9.60. The smallest absolute Gasteiger partial charge is 0.232 e. The quantitative estimate of drug-likeness (QED) is 0.626. The van der Waals surface area contributed by atoms with Crippen molar-refractivity contribution in [3.63, 3.8) is 0 Å². The molecule has 0 saturated heterocycles. The Kier molecular flexibility index (Phi) is 6.23. The van der Waals surface area contributed by atoms with E-state index in [9.17, 15) is 4.79 Å². The molecule has 1 amide bonds. The van der Waals surface area contributed by atoms with Crippen LogP contribution < -0.4 is 14.8 Å². The highest BCUT2D eigenvalue weighted by Crippen LogP contribution is 2.33. The van der Waals surface area contributed by atoms with E-state index in [0.29, 0.717) is 11.5 Å². The van der Waals surface area contributed by atoms with Crippen LogP contribution >= 0.6 is 0 Å². The van der Waals surface area contributed by atoms with Gasteiger partial charge in [-0.15, -0.1) is 0 Å². The Morgan fingerprint density at radius 1 is 0.793 bits per heavy atom. The van der Waals surface area contributed by atoms with Crippen molar-refractivity contribution in [2.45, 2.75) is 25.3 Å². The molecular formula is C25H27NO3. The fourth-order valence-electron chi connectivity index (χ4n) is 3.46. The molecule has 3 aromatic rings. The minimum atomic E-state index is -0.599. The third kappa shape index (κ3) is 4.60. The lowest BCUT2D eigenvalue weighted by Crippen LogP contribution is -2.43. The summed E-state index contributed by atoms with van der Waals surface area (Å²) >= 11 is 0. The van der Waals surface area contributed by atoms with Crippen LogP contribution in [0.4, 0.5) is 0 Å². The zero-order valence-electron chi connectivity index (χ0n) is 17.3. The van der Waals surface area contributed by atoms with Gasteiger partial charge in [0.15, 0.2) is 11.5 Å². The second-order valence-electron chi connectivity index (χ2n) is 7.44. The van der Waals surface area contributed by atoms with Crippen LogP contribution in [0.5, 0.6) is 11.5 Å². The van der Waals surface area contributed by atoms with Crippen molar-refractivity contribution in [3.05, 3.63) is 95.6 Å². The first kappa shape index (κ1) is 20.5. The van der Waals surface area contributed by atoms with Gasteiger partial charge in [-0.3, -0.25) is 4.79 Å². The number of benzene rings is 3. The number of ether oxygens (including phenoxy) is 2. The molecule has 150 valence electrons. The van der Waals surface area contributed by atoms with Gasteiger partial charge >= 0.3 is 0 Å². The Balaban J connectivity index is 1.93. The largest absolute Gasteiger partial charge is 0.493 e. The van der Waals surface area contributed by atoms with Crippen LogP contribution in [0.2, 0.25) is 0 Å². The lowest BCUT2D eigenvalue weighted by atomic mass is 9.88. The molecule has 29 heavy (non-hydrogen) atoms. The van der Waals surface area contributed by atoms with E-state index in [4.69, 9.17) is 9.47 Å². The van der Waals surface area contributed by atoms with Crippen LogP contribution in [-0.4, -0.2) is 20.1 Å². The molecule has 0 bridgehead atoms. The van der Waals surface area contributed by atoms with Gasteiger partial charge in [-0.25, -0.2) is 0 Å². The summed E-state index contributed by atoms with van der Waals surface area (Å²) in [7, 11) is 3.21. The first-order chi connectivity index (χ1) is 14.0. The minimum absolute atomic E-state index is 0.0535. The fourth-order valence-corrected chi connectivity index (χ4v) is 3.46. The van der Waals surface area contributed by atoms with Crippen LogP contribution in [0.1, 0.15) is 36.5 Å². The minimum Gasteiger partial charge on any atom is -0.493 e. The number of nitrogens with one attached hydrogen (secondary N) is 1. The summed E-state index contributed by atoms with van der Waals surface area (Å²) < 4.78 is 10.8. The van der Waals surface area contributed by atoms with E-state index in [0.717, 1.165) is 16.7 Å². The van der Waals surface area contributed by atoms with Crippen LogP contribution in [0.3, 0.4) is 0 Å². The fraction of sp³-hybridized carbons (Fsp3) is 0.240. The molecule has 0 unspecified atom stereocenters. The molecule has 0 fully saturated rings. The van der Waals surface area contributed by atoms with Crippen molar-refractivity contribution >= 4 is 5.91 Å². The molecule has 0 aliphatic carbocycles. The molecule has 0 atom stereocenters. The third-order valence-corrected chi connectivity index (χ3v) is 5.07. The maximum atomic E-state index is 13.4. The van der Waals surface area contributed by atoms with E-state index < -0.39 is 11.5 Å². The number of amides is 1. The van der Waals surface area contributed by atoms with Crippen molar-refractivity contribution in [1.29, 1.82) is 0 Å². The number of carbonyl (C=O) groups excluding carboxylic acids is 1. The lowest BCUT2D eigenvalue weighted by Gasteiger charge is -2.30. The SMILES string of the molecule is COc1ccc(C(C)(C)NC(=O)C(c2ccccc2)c2ccccc2)cc1OC. The van der Waals surface area contributed by atoms with Crippen LogP contribution in [0, 0.1) is 0 Å². The second kappa shape index (κ2) is 8.82. The topological polar surface area (TPSA) is 47.6 Å². The summed E-state index contributed by atoms with van der Waals surface area (Å²) in [6, 6.07) is 25.4. The van der Waals surface area contributed by atoms with Crippen molar-refractivity contribution < 1.29 is 14.3 Å². The summed E-state index contributed by atoms with van der Waals surface area (Å²) in [5.41, 5.74) is 2.25. The summed E-state index contributed by atoms with van der Waals surface area (Å²) in [5, 5.41) is 3.22. The first-order valence-corrected chi connectivity index (χ1v) is 9.60. The normalized spacial score (nSPS) is 11.2. The zero-order valence-corrected chi connectivity index (χ0v) is 17.3. The number of rotatable bonds is 7. The highest BCUT2D eigenvalue weighted by atomic mass is 16.5. The van der Waals surface area contributed by atoms with E-state index in [1.807, 2.05) is 92.7 Å². The number of hydrogen-bond donors (Lipinski definition) is 1. The predicted molar refractivity (Wildman–Crippen MR) is 115 cm³/mol. The summed E-state index contributed by atoms with van der Waals surface area (Å²) in [5.74, 6) is 0.846. The Labute approximate surface area is 172 Å². The van der Waals surface area contributed by atoms with Gasteiger partial charge in [0.05, 0.1) is 25.7 Å². The van der Waals surface area contributed by atoms with E-state index in [1.54, 1.807) is 14.2 Å². The number of carbonyl (C=O) groups is 1. The molecule has 4 heteroatoms. The standard InChI is InChI=1S/C25H27NO3/c1-25(2,20-15-16-21(28-3)22(17-20)29-4)26-24(27)23(18-11-7-5-8-12-18)19-13-9-6-10-14-19/h5-17,23H,1-4H3,(H,26,27). The molecule has 0 heterocycles. The summed E-state index contributed by atoms with van der Waals surface area (Å²) in [6.45, 7) is 3.97. The van der Waals surface area contributed by atoms with Crippen LogP contribution in [0.15, 0.2) is 78.9 Å². The number of hydrogen-bond acceptors (Lipinski definition) is 3. The van der Waals surface area contributed by atoms with E-state index in [2.05, 4.69) is 5.32 Å². The molecule has 0 saturated carbocycles. The average molecular weight is 389 g/mol. The van der Waals surface area contributed by atoms with Crippen molar-refractivity contribution in [2.75, 3.05) is 14.2 Å². The van der Waals surface area contributed by atoms with Gasteiger partial charge in [-0.1, -0.05) is 66.7 Å². The Bertz CT molecular complexity index is 913. The maximum absolute atomic E-state index is 13.4.